The monoisotopic (exact) mass is 292 g/mol. The lowest BCUT2D eigenvalue weighted by Crippen LogP contribution is -2.36. The molecule has 1 aliphatic carbocycles. The van der Waals surface area contributed by atoms with Crippen LogP contribution in [-0.2, 0) is 16.1 Å². The molecule has 0 radical (unpaired) electrons. The molecule has 1 fully saturated rings. The minimum Gasteiger partial charge on any atom is -0.465 e. The summed E-state index contributed by atoms with van der Waals surface area (Å²) in [6, 6.07) is 8.02. The summed E-state index contributed by atoms with van der Waals surface area (Å²) in [5.41, 5.74) is 7.45. The fourth-order valence-electron chi connectivity index (χ4n) is 2.36. The molecule has 0 spiro atoms. The van der Waals surface area contributed by atoms with Gasteiger partial charge < -0.3 is 15.6 Å². The molecule has 1 aliphatic rings. The van der Waals surface area contributed by atoms with Gasteiger partial charge in [-0.2, -0.15) is 0 Å². The molecule has 5 nitrogen and oxygen atoms in total. The average Bonchev–Trinajstić information content (AvgIpc) is 3.31. The molecule has 1 aromatic rings. The molecule has 3 N–H and O–H groups in total. The zero-order valence-electron chi connectivity index (χ0n) is 12.5. The first-order valence-electron chi connectivity index (χ1n) is 7.50. The third-order valence-electron chi connectivity index (χ3n) is 3.71. The summed E-state index contributed by atoms with van der Waals surface area (Å²) < 4.78 is 4.99. The summed E-state index contributed by atoms with van der Waals surface area (Å²) in [4.78, 5) is 13.6. The Morgan fingerprint density at radius 1 is 1.43 bits per heavy atom. The molecule has 116 valence electrons. The maximum absolute atomic E-state index is 11.6. The lowest BCUT2D eigenvalue weighted by molar-refractivity contribution is -0.144. The fraction of sp³-hybridized carbons (Fsp3) is 0.562. The molecule has 0 aliphatic heterocycles. The third kappa shape index (κ3) is 4.81. The Morgan fingerprint density at radius 3 is 2.62 bits per heavy atom. The van der Waals surface area contributed by atoms with Crippen molar-refractivity contribution < 1.29 is 14.6 Å². The second-order valence-corrected chi connectivity index (χ2v) is 5.43. The number of nitrogens with two attached hydrogens (primary N) is 1. The Morgan fingerprint density at radius 2 is 2.10 bits per heavy atom. The van der Waals surface area contributed by atoms with Gasteiger partial charge in [-0.05, 0) is 30.9 Å². The number of ether oxygens (including phenoxy) is 1. The molecule has 21 heavy (non-hydrogen) atoms. The zero-order chi connectivity index (χ0) is 15.2. The van der Waals surface area contributed by atoms with Crippen molar-refractivity contribution in [1.29, 1.82) is 0 Å². The van der Waals surface area contributed by atoms with Gasteiger partial charge in [0.25, 0.3) is 0 Å². The van der Waals surface area contributed by atoms with Crippen LogP contribution in [0.15, 0.2) is 24.3 Å². The maximum Gasteiger partial charge on any atom is 0.320 e. The first kappa shape index (κ1) is 15.9. The molecule has 0 bridgehead atoms. The number of nitrogens with zero attached hydrogens (tertiary/aromatic N) is 1. The van der Waals surface area contributed by atoms with E-state index in [9.17, 15) is 9.90 Å². The van der Waals surface area contributed by atoms with Crippen molar-refractivity contribution in [2.24, 2.45) is 5.73 Å². The molecule has 0 aromatic heterocycles. The highest BCUT2D eigenvalue weighted by atomic mass is 16.5. The molecule has 0 amide bonds. The highest BCUT2D eigenvalue weighted by Crippen LogP contribution is 2.28. The third-order valence-corrected chi connectivity index (χ3v) is 3.71. The van der Waals surface area contributed by atoms with Crippen molar-refractivity contribution in [2.75, 3.05) is 19.7 Å². The normalized spacial score (nSPS) is 16.0. The van der Waals surface area contributed by atoms with E-state index in [1.54, 1.807) is 6.92 Å². The van der Waals surface area contributed by atoms with Crippen LogP contribution < -0.4 is 5.73 Å². The van der Waals surface area contributed by atoms with Crippen molar-refractivity contribution in [3.05, 3.63) is 35.4 Å². The van der Waals surface area contributed by atoms with E-state index in [4.69, 9.17) is 10.5 Å². The molecule has 1 atom stereocenters. The van der Waals surface area contributed by atoms with Gasteiger partial charge in [-0.15, -0.1) is 0 Å². The van der Waals surface area contributed by atoms with Crippen molar-refractivity contribution in [2.45, 2.75) is 38.5 Å². The van der Waals surface area contributed by atoms with E-state index < -0.39 is 6.10 Å². The summed E-state index contributed by atoms with van der Waals surface area (Å²) in [5, 5.41) is 10.3. The Balaban J connectivity index is 1.93. The number of aliphatic hydroxyl groups excluding tert-OH is 1. The minimum absolute atomic E-state index is 0.227. The number of carbonyl (C=O) groups excluding carboxylic acids is 1. The molecular formula is C16H24N2O3. The smallest absolute Gasteiger partial charge is 0.320 e. The standard InChI is InChI=1S/C16H24N2O3/c1-2-21-16(20)11-18(14-7-8-14)10-15(19)13-5-3-12(9-17)4-6-13/h3-6,14-15,19H,2,7-11,17H2,1H3. The summed E-state index contributed by atoms with van der Waals surface area (Å²) in [6.07, 6.45) is 1.56. The lowest BCUT2D eigenvalue weighted by Gasteiger charge is -2.24. The molecular weight excluding hydrogens is 268 g/mol. The van der Waals surface area contributed by atoms with Crippen LogP contribution in [0.1, 0.15) is 37.0 Å². The van der Waals surface area contributed by atoms with Gasteiger partial charge >= 0.3 is 5.97 Å². The summed E-state index contributed by atoms with van der Waals surface area (Å²) >= 11 is 0. The molecule has 0 saturated heterocycles. The van der Waals surface area contributed by atoms with E-state index in [1.165, 1.54) is 0 Å². The maximum atomic E-state index is 11.6. The molecule has 1 saturated carbocycles. The highest BCUT2D eigenvalue weighted by Gasteiger charge is 2.32. The SMILES string of the molecule is CCOC(=O)CN(CC(O)c1ccc(CN)cc1)C1CC1. The highest BCUT2D eigenvalue weighted by molar-refractivity contribution is 5.71. The van der Waals surface area contributed by atoms with E-state index in [0.29, 0.717) is 25.7 Å². The Kier molecular flexibility index (Phi) is 5.73. The van der Waals surface area contributed by atoms with Gasteiger partial charge in [0, 0.05) is 19.1 Å². The van der Waals surface area contributed by atoms with Crippen molar-refractivity contribution in [1.82, 2.24) is 4.90 Å². The van der Waals surface area contributed by atoms with Crippen LogP contribution in [0.3, 0.4) is 0 Å². The van der Waals surface area contributed by atoms with Crippen LogP contribution in [0.5, 0.6) is 0 Å². The van der Waals surface area contributed by atoms with Crippen LogP contribution in [0.2, 0.25) is 0 Å². The van der Waals surface area contributed by atoms with Crippen molar-refractivity contribution >= 4 is 5.97 Å². The van der Waals surface area contributed by atoms with Crippen molar-refractivity contribution in [3.8, 4) is 0 Å². The number of hydrogen-bond donors (Lipinski definition) is 2. The van der Waals surface area contributed by atoms with Gasteiger partial charge in [-0.25, -0.2) is 0 Å². The topological polar surface area (TPSA) is 75.8 Å². The Bertz CT molecular complexity index is 457. The predicted octanol–water partition coefficient (Wildman–Crippen LogP) is 1.21. The lowest BCUT2D eigenvalue weighted by atomic mass is 10.1. The van der Waals surface area contributed by atoms with E-state index in [1.807, 2.05) is 29.2 Å². The molecule has 2 rings (SSSR count). The van der Waals surface area contributed by atoms with Gasteiger partial charge in [-0.3, -0.25) is 9.69 Å². The number of carbonyl (C=O) groups is 1. The second kappa shape index (κ2) is 7.54. The first-order chi connectivity index (χ1) is 10.1. The van der Waals surface area contributed by atoms with E-state index in [2.05, 4.69) is 0 Å². The number of aliphatic hydroxyl groups is 1. The number of benzene rings is 1. The van der Waals surface area contributed by atoms with E-state index in [0.717, 1.165) is 24.0 Å². The second-order valence-electron chi connectivity index (χ2n) is 5.43. The molecule has 5 heteroatoms. The summed E-state index contributed by atoms with van der Waals surface area (Å²) in [7, 11) is 0. The number of esters is 1. The predicted molar refractivity (Wildman–Crippen MR) is 80.5 cm³/mol. The van der Waals surface area contributed by atoms with Crippen LogP contribution in [-0.4, -0.2) is 41.7 Å². The first-order valence-corrected chi connectivity index (χ1v) is 7.50. The number of hydrogen-bond acceptors (Lipinski definition) is 5. The van der Waals surface area contributed by atoms with E-state index in [-0.39, 0.29) is 12.5 Å². The van der Waals surface area contributed by atoms with Crippen LogP contribution in [0, 0.1) is 0 Å². The largest absolute Gasteiger partial charge is 0.465 e. The van der Waals surface area contributed by atoms with Gasteiger partial charge in [0.2, 0.25) is 0 Å². The number of rotatable bonds is 8. The molecule has 0 heterocycles. The Labute approximate surface area is 125 Å². The minimum atomic E-state index is -0.605. The van der Waals surface area contributed by atoms with Gasteiger partial charge in [0.1, 0.15) is 0 Å². The molecule has 1 unspecified atom stereocenters. The van der Waals surface area contributed by atoms with Gasteiger partial charge in [0.05, 0.1) is 19.3 Å². The van der Waals surface area contributed by atoms with Gasteiger partial charge in [-0.1, -0.05) is 24.3 Å². The zero-order valence-corrected chi connectivity index (χ0v) is 12.5. The summed E-state index contributed by atoms with van der Waals surface area (Å²) in [6.45, 7) is 3.38. The van der Waals surface area contributed by atoms with Crippen LogP contribution >= 0.6 is 0 Å². The fourth-order valence-corrected chi connectivity index (χ4v) is 2.36. The van der Waals surface area contributed by atoms with Crippen LogP contribution in [0.4, 0.5) is 0 Å². The van der Waals surface area contributed by atoms with Gasteiger partial charge in [0.15, 0.2) is 0 Å². The summed E-state index contributed by atoms with van der Waals surface area (Å²) in [5.74, 6) is -0.227. The van der Waals surface area contributed by atoms with Crippen LogP contribution in [0.25, 0.3) is 0 Å². The van der Waals surface area contributed by atoms with Crippen molar-refractivity contribution in [3.63, 3.8) is 0 Å². The Hall–Kier alpha value is -1.43. The van der Waals surface area contributed by atoms with E-state index >= 15 is 0 Å². The average molecular weight is 292 g/mol. The quantitative estimate of drug-likeness (QED) is 0.704. The molecule has 1 aromatic carbocycles.